The van der Waals surface area contributed by atoms with E-state index in [9.17, 15) is 9.90 Å². The van der Waals surface area contributed by atoms with Crippen LogP contribution in [0, 0.1) is 12.8 Å². The number of carbonyl (C=O) groups is 1. The summed E-state index contributed by atoms with van der Waals surface area (Å²) in [6.45, 7) is 3.84. The second-order valence-electron chi connectivity index (χ2n) is 5.77. The van der Waals surface area contributed by atoms with Gasteiger partial charge in [0.2, 0.25) is 0 Å². The van der Waals surface area contributed by atoms with Crippen molar-refractivity contribution in [2.45, 2.75) is 20.3 Å². The van der Waals surface area contributed by atoms with E-state index in [2.05, 4.69) is 42.0 Å². The number of carboxylic acids is 1. The highest BCUT2D eigenvalue weighted by Crippen LogP contribution is 2.28. The lowest BCUT2D eigenvalue weighted by molar-refractivity contribution is -0.141. The lowest BCUT2D eigenvalue weighted by Gasteiger charge is -2.08. The first-order chi connectivity index (χ1) is 10.6. The molecule has 0 saturated heterocycles. The average Bonchev–Trinajstić information content (AvgIpc) is 2.86. The van der Waals surface area contributed by atoms with Crippen LogP contribution >= 0.6 is 0 Å². The van der Waals surface area contributed by atoms with Gasteiger partial charge in [0, 0.05) is 17.3 Å². The molecular formula is C19H19NO2. The Morgan fingerprint density at radius 3 is 2.55 bits per heavy atom. The van der Waals surface area contributed by atoms with Gasteiger partial charge in [-0.2, -0.15) is 0 Å². The topological polar surface area (TPSA) is 42.2 Å². The van der Waals surface area contributed by atoms with Crippen molar-refractivity contribution in [3.8, 4) is 5.69 Å². The molecule has 1 N–H and O–H groups in total. The van der Waals surface area contributed by atoms with Crippen LogP contribution < -0.4 is 0 Å². The zero-order chi connectivity index (χ0) is 15.7. The molecule has 3 aromatic rings. The van der Waals surface area contributed by atoms with Gasteiger partial charge in [-0.05, 0) is 36.6 Å². The van der Waals surface area contributed by atoms with Crippen molar-refractivity contribution < 1.29 is 9.90 Å². The van der Waals surface area contributed by atoms with Crippen LogP contribution in [0.2, 0.25) is 0 Å². The highest BCUT2D eigenvalue weighted by Gasteiger charge is 2.16. The molecule has 2 aromatic carbocycles. The normalized spacial score (nSPS) is 12.5. The summed E-state index contributed by atoms with van der Waals surface area (Å²) in [6.07, 6.45) is 2.61. The Morgan fingerprint density at radius 1 is 1.14 bits per heavy atom. The van der Waals surface area contributed by atoms with Crippen LogP contribution in [0.4, 0.5) is 0 Å². The number of hydrogen-bond acceptors (Lipinski definition) is 1. The van der Waals surface area contributed by atoms with Gasteiger partial charge in [0.15, 0.2) is 0 Å². The molecule has 22 heavy (non-hydrogen) atoms. The fraction of sp³-hybridized carbons (Fsp3) is 0.211. The Hall–Kier alpha value is -2.55. The van der Waals surface area contributed by atoms with Crippen molar-refractivity contribution in [1.82, 2.24) is 4.57 Å². The van der Waals surface area contributed by atoms with Crippen LogP contribution in [0.25, 0.3) is 16.6 Å². The molecule has 0 bridgehead atoms. The Bertz CT molecular complexity index is 832. The van der Waals surface area contributed by atoms with Gasteiger partial charge >= 0.3 is 5.97 Å². The van der Waals surface area contributed by atoms with E-state index < -0.39 is 11.9 Å². The maximum absolute atomic E-state index is 11.2. The first kappa shape index (κ1) is 14.4. The number of fused-ring (bicyclic) bond motifs is 1. The highest BCUT2D eigenvalue weighted by molar-refractivity contribution is 5.86. The number of carboxylic acid groups (broad SMARTS) is 1. The molecular weight excluding hydrogens is 274 g/mol. The molecule has 3 heteroatoms. The average molecular weight is 293 g/mol. The van der Waals surface area contributed by atoms with Crippen LogP contribution in [-0.4, -0.2) is 15.6 Å². The van der Waals surface area contributed by atoms with Gasteiger partial charge in [-0.1, -0.05) is 43.3 Å². The Kier molecular flexibility index (Phi) is 3.72. The molecule has 0 fully saturated rings. The van der Waals surface area contributed by atoms with Crippen molar-refractivity contribution in [3.63, 3.8) is 0 Å². The van der Waals surface area contributed by atoms with Crippen LogP contribution in [0.1, 0.15) is 18.1 Å². The van der Waals surface area contributed by atoms with E-state index in [0.29, 0.717) is 6.42 Å². The third-order valence-electron chi connectivity index (χ3n) is 4.12. The Balaban J connectivity index is 2.16. The number of aromatic nitrogens is 1. The molecule has 1 atom stereocenters. The number of benzene rings is 2. The van der Waals surface area contributed by atoms with Gasteiger partial charge in [-0.3, -0.25) is 4.79 Å². The quantitative estimate of drug-likeness (QED) is 0.783. The fourth-order valence-corrected chi connectivity index (χ4v) is 2.86. The minimum atomic E-state index is -0.757. The van der Waals surface area contributed by atoms with Gasteiger partial charge in [0.1, 0.15) is 0 Å². The molecule has 0 spiro atoms. The van der Waals surface area contributed by atoms with Gasteiger partial charge in [0.25, 0.3) is 0 Å². The molecule has 0 unspecified atom stereocenters. The van der Waals surface area contributed by atoms with E-state index in [0.717, 1.165) is 22.2 Å². The molecule has 1 aromatic heterocycles. The van der Waals surface area contributed by atoms with Gasteiger partial charge in [0.05, 0.1) is 11.4 Å². The first-order valence-electron chi connectivity index (χ1n) is 7.45. The van der Waals surface area contributed by atoms with Crippen LogP contribution in [0.15, 0.2) is 54.7 Å². The molecule has 0 aliphatic rings. The number of nitrogens with zero attached hydrogens (tertiary/aromatic N) is 1. The summed E-state index contributed by atoms with van der Waals surface area (Å²) < 4.78 is 2.16. The van der Waals surface area contributed by atoms with E-state index in [1.165, 1.54) is 5.56 Å². The number of aliphatic carboxylic acids is 1. The zero-order valence-corrected chi connectivity index (χ0v) is 12.8. The monoisotopic (exact) mass is 293 g/mol. The molecule has 112 valence electrons. The predicted octanol–water partition coefficient (Wildman–Crippen LogP) is 4.20. The van der Waals surface area contributed by atoms with Gasteiger partial charge < -0.3 is 9.67 Å². The van der Waals surface area contributed by atoms with Crippen molar-refractivity contribution in [2.24, 2.45) is 5.92 Å². The third kappa shape index (κ3) is 2.50. The molecule has 1 heterocycles. The maximum atomic E-state index is 11.2. The first-order valence-corrected chi connectivity index (χ1v) is 7.45. The second kappa shape index (κ2) is 5.68. The summed E-state index contributed by atoms with van der Waals surface area (Å²) in [5, 5.41) is 10.3. The van der Waals surface area contributed by atoms with Crippen molar-refractivity contribution in [2.75, 3.05) is 0 Å². The number of aryl methyl sites for hydroxylation is 1. The SMILES string of the molecule is Cc1ccccc1-n1cc(C[C@@H](C)C(=O)O)c2ccccc21. The molecule has 0 aliphatic carbocycles. The maximum Gasteiger partial charge on any atom is 0.306 e. The number of hydrogen-bond donors (Lipinski definition) is 1. The molecule has 0 radical (unpaired) electrons. The van der Waals surface area contributed by atoms with Gasteiger partial charge in [-0.15, -0.1) is 0 Å². The molecule has 0 saturated carbocycles. The summed E-state index contributed by atoms with van der Waals surface area (Å²) in [6, 6.07) is 16.4. The molecule has 3 nitrogen and oxygen atoms in total. The van der Waals surface area contributed by atoms with E-state index in [1.807, 2.05) is 24.3 Å². The summed E-state index contributed by atoms with van der Waals surface area (Å²) in [5.41, 5.74) is 4.52. The summed E-state index contributed by atoms with van der Waals surface area (Å²) >= 11 is 0. The minimum absolute atomic E-state index is 0.392. The second-order valence-corrected chi connectivity index (χ2v) is 5.77. The van der Waals surface area contributed by atoms with Crippen LogP contribution in [0.3, 0.4) is 0 Å². The fourth-order valence-electron chi connectivity index (χ4n) is 2.86. The van der Waals surface area contributed by atoms with Crippen molar-refractivity contribution in [3.05, 3.63) is 65.9 Å². The number of rotatable bonds is 4. The van der Waals surface area contributed by atoms with Crippen molar-refractivity contribution in [1.29, 1.82) is 0 Å². The lowest BCUT2D eigenvalue weighted by Crippen LogP contribution is -2.11. The third-order valence-corrected chi connectivity index (χ3v) is 4.12. The molecule has 0 aliphatic heterocycles. The van der Waals surface area contributed by atoms with Crippen molar-refractivity contribution >= 4 is 16.9 Å². The van der Waals surface area contributed by atoms with Gasteiger partial charge in [-0.25, -0.2) is 0 Å². The largest absolute Gasteiger partial charge is 0.481 e. The number of para-hydroxylation sites is 2. The smallest absolute Gasteiger partial charge is 0.306 e. The van der Waals surface area contributed by atoms with E-state index >= 15 is 0 Å². The minimum Gasteiger partial charge on any atom is -0.481 e. The summed E-state index contributed by atoms with van der Waals surface area (Å²) in [4.78, 5) is 11.2. The highest BCUT2D eigenvalue weighted by atomic mass is 16.4. The summed E-state index contributed by atoms with van der Waals surface area (Å²) in [7, 11) is 0. The van der Waals surface area contributed by atoms with Crippen LogP contribution in [0.5, 0.6) is 0 Å². The summed E-state index contributed by atoms with van der Waals surface area (Å²) in [5.74, 6) is -1.15. The van der Waals surface area contributed by atoms with E-state index in [1.54, 1.807) is 6.92 Å². The predicted molar refractivity (Wildman–Crippen MR) is 88.5 cm³/mol. The molecule has 3 rings (SSSR count). The standard InChI is InChI=1S/C19H19NO2/c1-13-7-3-5-9-17(13)20-12-15(11-14(2)19(21)22)16-8-4-6-10-18(16)20/h3-10,12,14H,11H2,1-2H3,(H,21,22)/t14-/m1/s1. The van der Waals surface area contributed by atoms with E-state index in [4.69, 9.17) is 0 Å². The lowest BCUT2D eigenvalue weighted by atomic mass is 10.0. The Labute approximate surface area is 129 Å². The molecule has 0 amide bonds. The Morgan fingerprint density at radius 2 is 1.82 bits per heavy atom. The van der Waals surface area contributed by atoms with E-state index in [-0.39, 0.29) is 0 Å². The van der Waals surface area contributed by atoms with Crippen LogP contribution in [-0.2, 0) is 11.2 Å². The zero-order valence-electron chi connectivity index (χ0n) is 12.8.